The van der Waals surface area contributed by atoms with Gasteiger partial charge in [0, 0.05) is 28.9 Å². The topological polar surface area (TPSA) is 118 Å². The minimum Gasteiger partial charge on any atom is -0.480 e. The van der Waals surface area contributed by atoms with Crippen LogP contribution in [0.1, 0.15) is 0 Å². The number of nitrogens with zero attached hydrogens (tertiary/aromatic N) is 2. The molecule has 0 bridgehead atoms. The van der Waals surface area contributed by atoms with Gasteiger partial charge in [0.25, 0.3) is 0 Å². The van der Waals surface area contributed by atoms with E-state index in [9.17, 15) is 9.59 Å². The van der Waals surface area contributed by atoms with E-state index in [4.69, 9.17) is 10.8 Å². The molecule has 0 fully saturated rings. The largest absolute Gasteiger partial charge is 0.480 e. The second-order valence-electron chi connectivity index (χ2n) is 5.41. The average molecular weight is 356 g/mol. The Hall–Kier alpha value is -2.71. The molecule has 0 spiro atoms. The lowest BCUT2D eigenvalue weighted by Gasteiger charge is -2.11. The number of pyridine rings is 2. The summed E-state index contributed by atoms with van der Waals surface area (Å²) in [5.41, 5.74) is 7.57. The molecule has 25 heavy (non-hydrogen) atoms. The summed E-state index contributed by atoms with van der Waals surface area (Å²) < 4.78 is 0. The van der Waals surface area contributed by atoms with Gasteiger partial charge in [-0.05, 0) is 24.3 Å². The molecule has 7 nitrogen and oxygen atoms in total. The van der Waals surface area contributed by atoms with Crippen molar-refractivity contribution in [3.8, 4) is 0 Å². The van der Waals surface area contributed by atoms with E-state index >= 15 is 0 Å². The number of aliphatic carboxylic acids is 1. The number of thioether (sulfide) groups is 1. The predicted octanol–water partition coefficient (Wildman–Crippen LogP) is 1.87. The van der Waals surface area contributed by atoms with Gasteiger partial charge in [0.05, 0.1) is 22.5 Å². The number of anilines is 1. The first-order valence-corrected chi connectivity index (χ1v) is 8.70. The second kappa shape index (κ2) is 7.45. The quantitative estimate of drug-likeness (QED) is 0.577. The SMILES string of the molecule is N[C@@H](CSCC(=O)Nc1cc2cccnc2c2ncccc12)C(=O)O. The highest BCUT2D eigenvalue weighted by Gasteiger charge is 2.14. The number of hydrogen-bond donors (Lipinski definition) is 3. The van der Waals surface area contributed by atoms with Gasteiger partial charge in [0.15, 0.2) is 0 Å². The lowest BCUT2D eigenvalue weighted by molar-refractivity contribution is -0.137. The monoisotopic (exact) mass is 356 g/mol. The van der Waals surface area contributed by atoms with Crippen molar-refractivity contribution in [3.05, 3.63) is 42.7 Å². The van der Waals surface area contributed by atoms with Crippen molar-refractivity contribution >= 4 is 51.1 Å². The van der Waals surface area contributed by atoms with Crippen LogP contribution in [0.4, 0.5) is 5.69 Å². The van der Waals surface area contributed by atoms with E-state index in [0.717, 1.165) is 21.8 Å². The summed E-state index contributed by atoms with van der Waals surface area (Å²) in [4.78, 5) is 31.6. The molecule has 3 aromatic rings. The first-order valence-electron chi connectivity index (χ1n) is 7.54. The summed E-state index contributed by atoms with van der Waals surface area (Å²) >= 11 is 1.18. The zero-order chi connectivity index (χ0) is 17.8. The normalized spacial score (nSPS) is 12.2. The Balaban J connectivity index is 1.80. The minimum atomic E-state index is -1.08. The first-order chi connectivity index (χ1) is 12.1. The first kappa shape index (κ1) is 17.1. The Morgan fingerprint density at radius 2 is 1.92 bits per heavy atom. The molecule has 2 aromatic heterocycles. The van der Waals surface area contributed by atoms with E-state index in [1.807, 2.05) is 24.3 Å². The maximum absolute atomic E-state index is 12.2. The molecule has 2 heterocycles. The Kier molecular flexibility index (Phi) is 5.11. The summed E-state index contributed by atoms with van der Waals surface area (Å²) in [6.07, 6.45) is 3.39. The summed E-state index contributed by atoms with van der Waals surface area (Å²) in [6.45, 7) is 0. The van der Waals surface area contributed by atoms with E-state index in [1.54, 1.807) is 18.5 Å². The Bertz CT molecular complexity index is 947. The Morgan fingerprint density at radius 3 is 2.68 bits per heavy atom. The van der Waals surface area contributed by atoms with Gasteiger partial charge in [-0.25, -0.2) is 0 Å². The van der Waals surface area contributed by atoms with E-state index in [2.05, 4.69) is 15.3 Å². The second-order valence-corrected chi connectivity index (χ2v) is 6.44. The molecule has 0 aliphatic heterocycles. The zero-order valence-electron chi connectivity index (χ0n) is 13.2. The molecule has 1 amide bonds. The number of carbonyl (C=O) groups is 2. The number of nitrogens with one attached hydrogen (secondary N) is 1. The fourth-order valence-corrected chi connectivity index (χ4v) is 3.19. The third kappa shape index (κ3) is 3.86. The number of benzene rings is 1. The van der Waals surface area contributed by atoms with Crippen LogP contribution in [0.2, 0.25) is 0 Å². The standard InChI is InChI=1S/C17H16N4O3S/c18-12(17(23)24)8-25-9-14(22)21-13-7-10-3-1-5-19-15(10)16-11(13)4-2-6-20-16/h1-7,12H,8-9,18H2,(H,21,22)(H,23,24)/t12-/m0/s1. The van der Waals surface area contributed by atoms with Gasteiger partial charge in [0.2, 0.25) is 5.91 Å². The lowest BCUT2D eigenvalue weighted by atomic mass is 10.1. The summed E-state index contributed by atoms with van der Waals surface area (Å²) in [5.74, 6) is -1.01. The molecule has 3 rings (SSSR count). The smallest absolute Gasteiger partial charge is 0.321 e. The van der Waals surface area contributed by atoms with Crippen LogP contribution in [0, 0.1) is 0 Å². The molecular formula is C17H16N4O3S. The third-order valence-electron chi connectivity index (χ3n) is 3.58. The van der Waals surface area contributed by atoms with Gasteiger partial charge < -0.3 is 16.2 Å². The van der Waals surface area contributed by atoms with Crippen molar-refractivity contribution in [3.63, 3.8) is 0 Å². The van der Waals surface area contributed by atoms with Crippen LogP contribution in [0.5, 0.6) is 0 Å². The molecule has 128 valence electrons. The van der Waals surface area contributed by atoms with Crippen molar-refractivity contribution in [1.82, 2.24) is 9.97 Å². The third-order valence-corrected chi connectivity index (χ3v) is 4.64. The van der Waals surface area contributed by atoms with E-state index in [1.165, 1.54) is 11.8 Å². The van der Waals surface area contributed by atoms with Crippen LogP contribution in [0.3, 0.4) is 0 Å². The van der Waals surface area contributed by atoms with Crippen molar-refractivity contribution < 1.29 is 14.7 Å². The molecule has 8 heteroatoms. The van der Waals surface area contributed by atoms with Crippen LogP contribution in [0.25, 0.3) is 21.8 Å². The van der Waals surface area contributed by atoms with Gasteiger partial charge in [0.1, 0.15) is 6.04 Å². The molecule has 1 atom stereocenters. The molecule has 0 aliphatic rings. The van der Waals surface area contributed by atoms with E-state index < -0.39 is 12.0 Å². The number of carboxylic acids is 1. The van der Waals surface area contributed by atoms with Crippen LogP contribution >= 0.6 is 11.8 Å². The van der Waals surface area contributed by atoms with Crippen LogP contribution in [-0.2, 0) is 9.59 Å². The number of carboxylic acid groups (broad SMARTS) is 1. The number of aromatic nitrogens is 2. The van der Waals surface area contributed by atoms with Crippen LogP contribution in [0.15, 0.2) is 42.7 Å². The van der Waals surface area contributed by atoms with Crippen molar-refractivity contribution in [2.75, 3.05) is 16.8 Å². The van der Waals surface area contributed by atoms with Gasteiger partial charge in [-0.1, -0.05) is 6.07 Å². The predicted molar refractivity (Wildman–Crippen MR) is 98.6 cm³/mol. The number of carbonyl (C=O) groups excluding carboxylic acids is 1. The Labute approximate surface area is 147 Å². The van der Waals surface area contributed by atoms with Crippen molar-refractivity contribution in [1.29, 1.82) is 0 Å². The van der Waals surface area contributed by atoms with Crippen molar-refractivity contribution in [2.24, 2.45) is 5.73 Å². The summed E-state index contributed by atoms with van der Waals surface area (Å²) in [6, 6.07) is 8.29. The molecule has 0 saturated carbocycles. The highest BCUT2D eigenvalue weighted by Crippen LogP contribution is 2.29. The zero-order valence-corrected chi connectivity index (χ0v) is 14.0. The Morgan fingerprint density at radius 1 is 1.20 bits per heavy atom. The van der Waals surface area contributed by atoms with Gasteiger partial charge >= 0.3 is 5.97 Å². The number of amides is 1. The number of rotatable bonds is 6. The van der Waals surface area contributed by atoms with E-state index in [-0.39, 0.29) is 17.4 Å². The molecule has 1 aromatic carbocycles. The number of nitrogens with two attached hydrogens (primary N) is 1. The molecule has 4 N–H and O–H groups in total. The highest BCUT2D eigenvalue weighted by molar-refractivity contribution is 8.00. The molecule has 0 saturated heterocycles. The van der Waals surface area contributed by atoms with Crippen LogP contribution in [-0.4, -0.2) is 44.5 Å². The number of hydrogen-bond acceptors (Lipinski definition) is 6. The maximum atomic E-state index is 12.2. The fourth-order valence-electron chi connectivity index (χ4n) is 2.42. The highest BCUT2D eigenvalue weighted by atomic mass is 32.2. The number of fused-ring (bicyclic) bond motifs is 3. The summed E-state index contributed by atoms with van der Waals surface area (Å²) in [5, 5.41) is 13.3. The molecular weight excluding hydrogens is 340 g/mol. The minimum absolute atomic E-state index is 0.119. The van der Waals surface area contributed by atoms with Crippen molar-refractivity contribution in [2.45, 2.75) is 6.04 Å². The lowest BCUT2D eigenvalue weighted by Crippen LogP contribution is -2.33. The summed E-state index contributed by atoms with van der Waals surface area (Å²) in [7, 11) is 0. The fraction of sp³-hybridized carbons (Fsp3) is 0.176. The van der Waals surface area contributed by atoms with Gasteiger partial charge in [-0.15, -0.1) is 11.8 Å². The average Bonchev–Trinajstić information content (AvgIpc) is 2.61. The van der Waals surface area contributed by atoms with Crippen LogP contribution < -0.4 is 11.1 Å². The molecule has 0 radical (unpaired) electrons. The molecule has 0 unspecified atom stereocenters. The van der Waals surface area contributed by atoms with E-state index in [0.29, 0.717) is 5.69 Å². The maximum Gasteiger partial charge on any atom is 0.321 e. The van der Waals surface area contributed by atoms with Gasteiger partial charge in [-0.2, -0.15) is 0 Å². The van der Waals surface area contributed by atoms with Gasteiger partial charge in [-0.3, -0.25) is 19.6 Å². The molecule has 0 aliphatic carbocycles.